The molecule has 1 aromatic carbocycles. The third-order valence-corrected chi connectivity index (χ3v) is 1.61. The zero-order valence-corrected chi connectivity index (χ0v) is 7.93. The van der Waals surface area contributed by atoms with Crippen LogP contribution in [-0.2, 0) is 0 Å². The lowest BCUT2D eigenvalue weighted by Crippen LogP contribution is -2.21. The molecule has 0 aliphatic rings. The molecule has 64 valence electrons. The SMILES string of the molecule is C=C.C=c1cc(C)cc/c1=C/C. The molecule has 0 aromatic heterocycles. The molecule has 0 unspecified atom stereocenters. The van der Waals surface area contributed by atoms with Crippen LogP contribution in [0.1, 0.15) is 12.5 Å². The van der Waals surface area contributed by atoms with Crippen LogP contribution >= 0.6 is 0 Å². The second-order valence-corrected chi connectivity index (χ2v) is 2.49. The summed E-state index contributed by atoms with van der Waals surface area (Å²) in [6, 6.07) is 6.29. The van der Waals surface area contributed by atoms with E-state index < -0.39 is 0 Å². The number of hydrogen-bond acceptors (Lipinski definition) is 0. The summed E-state index contributed by atoms with van der Waals surface area (Å²) < 4.78 is 0. The molecule has 0 atom stereocenters. The first-order valence-corrected chi connectivity index (χ1v) is 3.96. The van der Waals surface area contributed by atoms with Gasteiger partial charge in [-0.3, -0.25) is 0 Å². The van der Waals surface area contributed by atoms with Crippen LogP contribution in [0.25, 0.3) is 12.7 Å². The zero-order valence-electron chi connectivity index (χ0n) is 7.93. The highest BCUT2D eigenvalue weighted by Gasteiger charge is 1.81. The van der Waals surface area contributed by atoms with Gasteiger partial charge < -0.3 is 0 Å². The lowest BCUT2D eigenvalue weighted by Gasteiger charge is -1.90. The van der Waals surface area contributed by atoms with Crippen molar-refractivity contribution in [2.24, 2.45) is 0 Å². The third kappa shape index (κ3) is 2.75. The Labute approximate surface area is 74.6 Å². The van der Waals surface area contributed by atoms with Crippen molar-refractivity contribution in [2.45, 2.75) is 13.8 Å². The first kappa shape index (κ1) is 10.7. The minimum absolute atomic E-state index is 1.11. The average Bonchev–Trinajstić information content (AvgIpc) is 2.08. The molecule has 0 aliphatic heterocycles. The Bertz CT molecular complexity index is 334. The van der Waals surface area contributed by atoms with Crippen molar-refractivity contribution in [1.82, 2.24) is 0 Å². The molecule has 0 radical (unpaired) electrons. The van der Waals surface area contributed by atoms with E-state index in [1.165, 1.54) is 10.8 Å². The van der Waals surface area contributed by atoms with Gasteiger partial charge in [0.1, 0.15) is 0 Å². The second-order valence-electron chi connectivity index (χ2n) is 2.49. The molecule has 0 heterocycles. The smallest absolute Gasteiger partial charge is 0.0233 e. The monoisotopic (exact) mass is 160 g/mol. The molecule has 0 N–H and O–H groups in total. The van der Waals surface area contributed by atoms with Crippen molar-refractivity contribution in [3.63, 3.8) is 0 Å². The largest absolute Gasteiger partial charge is 0.106 e. The quantitative estimate of drug-likeness (QED) is 0.509. The van der Waals surface area contributed by atoms with Gasteiger partial charge in [-0.15, -0.1) is 13.2 Å². The van der Waals surface area contributed by atoms with E-state index in [2.05, 4.69) is 50.9 Å². The summed E-state index contributed by atoms with van der Waals surface area (Å²) in [4.78, 5) is 0. The standard InChI is InChI=1S/C10H12.C2H4/c1-4-10-6-5-8(2)7-9(10)3;1-2/h4-7H,3H2,1-2H3;1-2H2/b10-4-;. The van der Waals surface area contributed by atoms with Crippen LogP contribution in [-0.4, -0.2) is 0 Å². The van der Waals surface area contributed by atoms with Crippen molar-refractivity contribution in [3.05, 3.63) is 47.4 Å². The fraction of sp³-hybridized carbons (Fsp3) is 0.167. The lowest BCUT2D eigenvalue weighted by molar-refractivity contribution is 1.40. The van der Waals surface area contributed by atoms with Gasteiger partial charge in [0.2, 0.25) is 0 Å². The average molecular weight is 160 g/mol. The highest BCUT2D eigenvalue weighted by Crippen LogP contribution is 1.84. The van der Waals surface area contributed by atoms with Crippen LogP contribution in [0.5, 0.6) is 0 Å². The minimum atomic E-state index is 1.11. The van der Waals surface area contributed by atoms with Crippen molar-refractivity contribution >= 4 is 12.7 Å². The molecular formula is C12H16. The highest BCUT2D eigenvalue weighted by atomic mass is 13.9. The molecular weight excluding hydrogens is 144 g/mol. The normalized spacial score (nSPS) is 10.3. The van der Waals surface area contributed by atoms with E-state index in [9.17, 15) is 0 Å². The summed E-state index contributed by atoms with van der Waals surface area (Å²) in [5.41, 5.74) is 1.27. The van der Waals surface area contributed by atoms with Gasteiger partial charge in [-0.2, -0.15) is 0 Å². The van der Waals surface area contributed by atoms with Crippen molar-refractivity contribution < 1.29 is 0 Å². The van der Waals surface area contributed by atoms with E-state index in [0.717, 1.165) is 5.22 Å². The summed E-state index contributed by atoms with van der Waals surface area (Å²) in [7, 11) is 0. The van der Waals surface area contributed by atoms with Crippen LogP contribution < -0.4 is 10.4 Å². The van der Waals surface area contributed by atoms with Crippen molar-refractivity contribution in [1.29, 1.82) is 0 Å². The van der Waals surface area contributed by atoms with Gasteiger partial charge in [0.05, 0.1) is 0 Å². The molecule has 0 amide bonds. The highest BCUT2D eigenvalue weighted by molar-refractivity contribution is 5.27. The van der Waals surface area contributed by atoms with Gasteiger partial charge in [-0.25, -0.2) is 0 Å². The number of rotatable bonds is 0. The maximum Gasteiger partial charge on any atom is -0.0233 e. The molecule has 0 aliphatic carbocycles. The number of hydrogen-bond donors (Lipinski definition) is 0. The Morgan fingerprint density at radius 3 is 2.25 bits per heavy atom. The van der Waals surface area contributed by atoms with Crippen LogP contribution in [0.2, 0.25) is 0 Å². The first-order valence-electron chi connectivity index (χ1n) is 3.96. The van der Waals surface area contributed by atoms with Gasteiger partial charge in [0.15, 0.2) is 0 Å². The lowest BCUT2D eigenvalue weighted by atomic mass is 10.2. The van der Waals surface area contributed by atoms with Crippen molar-refractivity contribution in [3.8, 4) is 0 Å². The van der Waals surface area contributed by atoms with E-state index in [-0.39, 0.29) is 0 Å². The van der Waals surface area contributed by atoms with Gasteiger partial charge in [0, 0.05) is 0 Å². The Morgan fingerprint density at radius 2 is 1.83 bits per heavy atom. The van der Waals surface area contributed by atoms with E-state index in [1.807, 2.05) is 6.92 Å². The van der Waals surface area contributed by atoms with E-state index >= 15 is 0 Å². The van der Waals surface area contributed by atoms with E-state index in [4.69, 9.17) is 0 Å². The zero-order chi connectivity index (χ0) is 9.56. The summed E-state index contributed by atoms with van der Waals surface area (Å²) in [6.45, 7) is 14.0. The van der Waals surface area contributed by atoms with Crippen LogP contribution in [0.15, 0.2) is 31.4 Å². The molecule has 0 fully saturated rings. The molecule has 0 heteroatoms. The maximum atomic E-state index is 3.92. The molecule has 1 rings (SSSR count). The van der Waals surface area contributed by atoms with E-state index in [0.29, 0.717) is 0 Å². The first-order chi connectivity index (χ1) is 5.74. The van der Waals surface area contributed by atoms with Gasteiger partial charge in [0.25, 0.3) is 0 Å². The molecule has 1 aromatic rings. The van der Waals surface area contributed by atoms with Gasteiger partial charge in [-0.05, 0) is 24.3 Å². The predicted molar refractivity (Wildman–Crippen MR) is 57.3 cm³/mol. The summed E-state index contributed by atoms with van der Waals surface area (Å²) in [6.07, 6.45) is 2.07. The van der Waals surface area contributed by atoms with Crippen LogP contribution in [0, 0.1) is 6.92 Å². The van der Waals surface area contributed by atoms with E-state index in [1.54, 1.807) is 0 Å². The fourth-order valence-corrected chi connectivity index (χ4v) is 1.02. The Balaban J connectivity index is 0.000000561. The predicted octanol–water partition coefficient (Wildman–Crippen LogP) is 2.01. The third-order valence-electron chi connectivity index (χ3n) is 1.61. The summed E-state index contributed by atoms with van der Waals surface area (Å²) in [5.74, 6) is 0. The van der Waals surface area contributed by atoms with Crippen LogP contribution in [0.4, 0.5) is 0 Å². The Morgan fingerprint density at radius 1 is 1.25 bits per heavy atom. The van der Waals surface area contributed by atoms with Crippen molar-refractivity contribution in [2.75, 3.05) is 0 Å². The molecule has 12 heavy (non-hydrogen) atoms. The van der Waals surface area contributed by atoms with Gasteiger partial charge in [-0.1, -0.05) is 36.4 Å². The Hall–Kier alpha value is -1.30. The minimum Gasteiger partial charge on any atom is -0.106 e. The number of benzene rings is 1. The van der Waals surface area contributed by atoms with Gasteiger partial charge >= 0.3 is 0 Å². The molecule has 0 nitrogen and oxygen atoms in total. The fourth-order valence-electron chi connectivity index (χ4n) is 1.02. The molecule has 0 bridgehead atoms. The molecule has 0 saturated heterocycles. The molecule has 0 saturated carbocycles. The molecule has 0 spiro atoms. The Kier molecular flexibility index (Phi) is 4.78. The number of aryl methyl sites for hydroxylation is 1. The second kappa shape index (κ2) is 5.36. The maximum absolute atomic E-state index is 3.92. The summed E-state index contributed by atoms with van der Waals surface area (Å²) >= 11 is 0. The van der Waals surface area contributed by atoms with Crippen LogP contribution in [0.3, 0.4) is 0 Å². The topological polar surface area (TPSA) is 0 Å². The summed E-state index contributed by atoms with van der Waals surface area (Å²) in [5, 5.41) is 2.34.